The van der Waals surface area contributed by atoms with E-state index in [9.17, 15) is 15.0 Å². The number of rotatable bonds is 4. The van der Waals surface area contributed by atoms with Crippen LogP contribution in [0, 0.1) is 5.92 Å². The van der Waals surface area contributed by atoms with Crippen molar-refractivity contribution >= 4 is 21.8 Å². The molecule has 0 heterocycles. The van der Waals surface area contributed by atoms with Crippen LogP contribution in [0.2, 0.25) is 0 Å². The van der Waals surface area contributed by atoms with Gasteiger partial charge in [-0.05, 0) is 59.8 Å². The SMILES string of the molecule is CC(CO)(NC(=O)c1ccc(Br)c(O)c1)C1CC1. The standard InChI is InChI=1S/C13H16BrNO3/c1-13(7-16,9-3-4-9)15-12(18)8-2-5-10(14)11(17)6-8/h2,5-6,9,16-17H,3-4,7H2,1H3,(H,15,18). The van der Waals surface area contributed by atoms with E-state index in [0.717, 1.165) is 12.8 Å². The van der Waals surface area contributed by atoms with Crippen molar-refractivity contribution in [3.8, 4) is 5.75 Å². The predicted octanol–water partition coefficient (Wildman–Crippen LogP) is 2.05. The molecule has 1 aromatic rings. The van der Waals surface area contributed by atoms with Crippen LogP contribution in [0.5, 0.6) is 5.75 Å². The van der Waals surface area contributed by atoms with Crippen molar-refractivity contribution < 1.29 is 15.0 Å². The van der Waals surface area contributed by atoms with Gasteiger partial charge in [0.2, 0.25) is 0 Å². The molecule has 1 saturated carbocycles. The summed E-state index contributed by atoms with van der Waals surface area (Å²) >= 11 is 3.17. The number of carbonyl (C=O) groups is 1. The first-order valence-electron chi connectivity index (χ1n) is 5.88. The maximum atomic E-state index is 12.1. The molecule has 0 aliphatic heterocycles. The van der Waals surface area contributed by atoms with Crippen LogP contribution in [0.1, 0.15) is 30.1 Å². The van der Waals surface area contributed by atoms with Gasteiger partial charge < -0.3 is 15.5 Å². The number of aromatic hydroxyl groups is 1. The highest BCUT2D eigenvalue weighted by atomic mass is 79.9. The summed E-state index contributed by atoms with van der Waals surface area (Å²) in [6, 6.07) is 4.66. The fourth-order valence-electron chi connectivity index (χ4n) is 1.98. The lowest BCUT2D eigenvalue weighted by molar-refractivity contribution is 0.0824. The topological polar surface area (TPSA) is 69.6 Å². The van der Waals surface area contributed by atoms with Crippen LogP contribution < -0.4 is 5.32 Å². The monoisotopic (exact) mass is 313 g/mol. The van der Waals surface area contributed by atoms with E-state index >= 15 is 0 Å². The largest absolute Gasteiger partial charge is 0.507 e. The Labute approximate surface area is 114 Å². The van der Waals surface area contributed by atoms with E-state index < -0.39 is 5.54 Å². The van der Waals surface area contributed by atoms with E-state index in [2.05, 4.69) is 21.2 Å². The quantitative estimate of drug-likeness (QED) is 0.796. The third-order valence-electron chi connectivity index (χ3n) is 3.41. The Kier molecular flexibility index (Phi) is 3.64. The molecule has 1 aromatic carbocycles. The van der Waals surface area contributed by atoms with Gasteiger partial charge in [-0.25, -0.2) is 0 Å². The molecule has 0 saturated heterocycles. The first-order valence-corrected chi connectivity index (χ1v) is 6.67. The fourth-order valence-corrected chi connectivity index (χ4v) is 2.22. The molecule has 98 valence electrons. The normalized spacial score (nSPS) is 18.2. The van der Waals surface area contributed by atoms with Crippen molar-refractivity contribution in [2.24, 2.45) is 5.92 Å². The van der Waals surface area contributed by atoms with Crippen molar-refractivity contribution in [2.75, 3.05) is 6.61 Å². The maximum absolute atomic E-state index is 12.1. The number of carbonyl (C=O) groups excluding carboxylic acids is 1. The lowest BCUT2D eigenvalue weighted by Crippen LogP contribution is -2.50. The van der Waals surface area contributed by atoms with Crippen LogP contribution in [-0.2, 0) is 0 Å². The third-order valence-corrected chi connectivity index (χ3v) is 4.08. The predicted molar refractivity (Wildman–Crippen MR) is 71.5 cm³/mol. The summed E-state index contributed by atoms with van der Waals surface area (Å²) in [5, 5.41) is 21.8. The molecule has 1 fully saturated rings. The van der Waals surface area contributed by atoms with Crippen LogP contribution in [0.4, 0.5) is 0 Å². The van der Waals surface area contributed by atoms with Gasteiger partial charge in [-0.3, -0.25) is 4.79 Å². The Bertz CT molecular complexity index is 473. The number of aliphatic hydroxyl groups excluding tert-OH is 1. The van der Waals surface area contributed by atoms with Crippen molar-refractivity contribution in [2.45, 2.75) is 25.3 Å². The molecule has 3 N–H and O–H groups in total. The van der Waals surface area contributed by atoms with Crippen molar-refractivity contribution in [1.82, 2.24) is 5.32 Å². The molecule has 1 atom stereocenters. The number of aliphatic hydroxyl groups is 1. The van der Waals surface area contributed by atoms with E-state index in [-0.39, 0.29) is 18.3 Å². The summed E-state index contributed by atoms with van der Waals surface area (Å²) in [5.74, 6) is 0.0940. The Morgan fingerprint density at radius 1 is 1.56 bits per heavy atom. The molecule has 1 aliphatic rings. The minimum absolute atomic E-state index is 0.0276. The Balaban J connectivity index is 2.13. The highest BCUT2D eigenvalue weighted by Crippen LogP contribution is 2.39. The van der Waals surface area contributed by atoms with Crippen LogP contribution >= 0.6 is 15.9 Å². The molecule has 5 heteroatoms. The van der Waals surface area contributed by atoms with E-state index in [1.165, 1.54) is 6.07 Å². The third kappa shape index (κ3) is 2.67. The molecule has 0 aromatic heterocycles. The molecule has 1 aliphatic carbocycles. The van der Waals surface area contributed by atoms with Gasteiger partial charge in [0.1, 0.15) is 5.75 Å². The van der Waals surface area contributed by atoms with E-state index in [4.69, 9.17) is 0 Å². The lowest BCUT2D eigenvalue weighted by atomic mass is 9.96. The fraction of sp³-hybridized carbons (Fsp3) is 0.462. The number of nitrogens with one attached hydrogen (secondary N) is 1. The van der Waals surface area contributed by atoms with Crippen molar-refractivity contribution in [1.29, 1.82) is 0 Å². The van der Waals surface area contributed by atoms with Crippen LogP contribution in [-0.4, -0.2) is 28.3 Å². The lowest BCUT2D eigenvalue weighted by Gasteiger charge is -2.28. The Morgan fingerprint density at radius 2 is 2.22 bits per heavy atom. The number of benzene rings is 1. The number of hydrogen-bond acceptors (Lipinski definition) is 3. The second-order valence-corrected chi connectivity index (χ2v) is 5.82. The van der Waals surface area contributed by atoms with E-state index in [1.807, 2.05) is 6.92 Å². The van der Waals surface area contributed by atoms with Gasteiger partial charge in [0.05, 0.1) is 16.6 Å². The molecular weight excluding hydrogens is 298 g/mol. The van der Waals surface area contributed by atoms with Gasteiger partial charge in [-0.2, -0.15) is 0 Å². The molecule has 18 heavy (non-hydrogen) atoms. The van der Waals surface area contributed by atoms with Gasteiger partial charge in [0.15, 0.2) is 0 Å². The number of phenolic OH excluding ortho intramolecular Hbond substituents is 1. The number of hydrogen-bond donors (Lipinski definition) is 3. The highest BCUT2D eigenvalue weighted by Gasteiger charge is 2.42. The van der Waals surface area contributed by atoms with Gasteiger partial charge in [-0.1, -0.05) is 0 Å². The molecule has 2 rings (SSSR count). The highest BCUT2D eigenvalue weighted by molar-refractivity contribution is 9.10. The summed E-state index contributed by atoms with van der Waals surface area (Å²) in [4.78, 5) is 12.1. The zero-order valence-corrected chi connectivity index (χ0v) is 11.7. The maximum Gasteiger partial charge on any atom is 0.251 e. The van der Waals surface area contributed by atoms with Gasteiger partial charge in [0, 0.05) is 5.56 Å². The van der Waals surface area contributed by atoms with Crippen molar-refractivity contribution in [3.05, 3.63) is 28.2 Å². The summed E-state index contributed by atoms with van der Waals surface area (Å²) in [5.41, 5.74) is -0.184. The van der Waals surface area contributed by atoms with E-state index in [1.54, 1.807) is 12.1 Å². The van der Waals surface area contributed by atoms with Gasteiger partial charge in [-0.15, -0.1) is 0 Å². The number of phenols is 1. The summed E-state index contributed by atoms with van der Waals surface area (Å²) in [6.45, 7) is 1.77. The van der Waals surface area contributed by atoms with Crippen molar-refractivity contribution in [3.63, 3.8) is 0 Å². The second kappa shape index (κ2) is 4.90. The van der Waals surface area contributed by atoms with Gasteiger partial charge in [0.25, 0.3) is 5.91 Å². The zero-order valence-electron chi connectivity index (χ0n) is 10.1. The molecule has 0 bridgehead atoms. The Morgan fingerprint density at radius 3 is 2.72 bits per heavy atom. The first-order chi connectivity index (χ1) is 8.46. The molecule has 0 spiro atoms. The molecule has 4 nitrogen and oxygen atoms in total. The molecule has 1 amide bonds. The summed E-state index contributed by atoms with van der Waals surface area (Å²) < 4.78 is 0.547. The molecular formula is C13H16BrNO3. The minimum Gasteiger partial charge on any atom is -0.507 e. The van der Waals surface area contributed by atoms with E-state index in [0.29, 0.717) is 16.0 Å². The first kappa shape index (κ1) is 13.4. The average molecular weight is 314 g/mol. The number of amides is 1. The summed E-state index contributed by atoms with van der Waals surface area (Å²) in [6.07, 6.45) is 2.06. The molecule has 1 unspecified atom stereocenters. The van der Waals surface area contributed by atoms with Crippen LogP contribution in [0.25, 0.3) is 0 Å². The van der Waals surface area contributed by atoms with Crippen LogP contribution in [0.15, 0.2) is 22.7 Å². The number of halogens is 1. The summed E-state index contributed by atoms with van der Waals surface area (Å²) in [7, 11) is 0. The minimum atomic E-state index is -0.570. The van der Waals surface area contributed by atoms with Gasteiger partial charge >= 0.3 is 0 Å². The zero-order chi connectivity index (χ0) is 13.3. The average Bonchev–Trinajstić information content (AvgIpc) is 3.16. The smallest absolute Gasteiger partial charge is 0.251 e. The van der Waals surface area contributed by atoms with Crippen LogP contribution in [0.3, 0.4) is 0 Å². The molecule has 0 radical (unpaired) electrons. The second-order valence-electron chi connectivity index (χ2n) is 4.97. The Hall–Kier alpha value is -1.07.